The Hall–Kier alpha value is -1.93. The Kier molecular flexibility index (Phi) is 5.32. The Morgan fingerprint density at radius 2 is 1.16 bits per heavy atom. The summed E-state index contributed by atoms with van der Waals surface area (Å²) < 4.78 is 4.94. The van der Waals surface area contributed by atoms with Gasteiger partial charge >= 0.3 is 0 Å². The van der Waals surface area contributed by atoms with Crippen LogP contribution in [-0.4, -0.2) is 19.0 Å². The second-order valence-corrected chi connectivity index (χ2v) is 4.38. The largest absolute Gasteiger partial charge is 0.381 e. The van der Waals surface area contributed by atoms with Gasteiger partial charge < -0.3 is 4.74 Å². The van der Waals surface area contributed by atoms with Gasteiger partial charge in [-0.05, 0) is 12.8 Å². The molecule has 0 unspecified atom stereocenters. The second kappa shape index (κ2) is 7.49. The summed E-state index contributed by atoms with van der Waals surface area (Å²) >= 11 is 0. The molecule has 2 nitrogen and oxygen atoms in total. The zero-order valence-corrected chi connectivity index (χ0v) is 10.9. The predicted molar refractivity (Wildman–Crippen MR) is 76.4 cm³/mol. The van der Waals surface area contributed by atoms with E-state index in [2.05, 4.69) is 0 Å². The highest BCUT2D eigenvalue weighted by atomic mass is 16.5. The molecule has 0 radical (unpaired) electrons. The third-order valence-corrected chi connectivity index (χ3v) is 2.90. The standard InChI is InChI=1S/C13H10O.C4H8O/c14-13(11-7-3-1-4-8-11)12-9-5-2-6-10-12;1-2-4-5-3-1/h1-10H;1-4H2. The molecule has 2 heteroatoms. The summed E-state index contributed by atoms with van der Waals surface area (Å²) in [7, 11) is 0. The molecule has 0 spiro atoms. The Morgan fingerprint density at radius 1 is 0.737 bits per heavy atom. The third-order valence-electron chi connectivity index (χ3n) is 2.90. The first-order chi connectivity index (χ1) is 9.38. The van der Waals surface area contributed by atoms with Crippen molar-refractivity contribution in [1.82, 2.24) is 0 Å². The number of hydrogen-bond donors (Lipinski definition) is 0. The molecule has 0 aromatic heterocycles. The molecule has 98 valence electrons. The summed E-state index contributed by atoms with van der Waals surface area (Å²) in [4.78, 5) is 11.8. The van der Waals surface area contributed by atoms with Crippen molar-refractivity contribution in [2.75, 3.05) is 13.2 Å². The first-order valence-electron chi connectivity index (χ1n) is 6.60. The first-order valence-corrected chi connectivity index (χ1v) is 6.60. The van der Waals surface area contributed by atoms with E-state index in [-0.39, 0.29) is 5.78 Å². The van der Waals surface area contributed by atoms with Crippen LogP contribution in [0.4, 0.5) is 0 Å². The molecule has 1 fully saturated rings. The van der Waals surface area contributed by atoms with Gasteiger partial charge in [0.05, 0.1) is 0 Å². The van der Waals surface area contributed by atoms with E-state index in [1.807, 2.05) is 60.7 Å². The lowest BCUT2D eigenvalue weighted by atomic mass is 10.0. The number of carbonyl (C=O) groups is 1. The van der Waals surface area contributed by atoms with E-state index in [9.17, 15) is 4.79 Å². The second-order valence-electron chi connectivity index (χ2n) is 4.38. The van der Waals surface area contributed by atoms with Crippen LogP contribution in [-0.2, 0) is 4.74 Å². The number of ketones is 1. The smallest absolute Gasteiger partial charge is 0.193 e. The molecule has 1 heterocycles. The molecule has 1 aliphatic rings. The highest BCUT2D eigenvalue weighted by molar-refractivity contribution is 6.08. The lowest BCUT2D eigenvalue weighted by Gasteiger charge is -1.99. The van der Waals surface area contributed by atoms with Crippen molar-refractivity contribution in [3.05, 3.63) is 71.8 Å². The maximum Gasteiger partial charge on any atom is 0.193 e. The van der Waals surface area contributed by atoms with Crippen molar-refractivity contribution in [1.29, 1.82) is 0 Å². The van der Waals surface area contributed by atoms with E-state index in [0.717, 1.165) is 24.3 Å². The van der Waals surface area contributed by atoms with Gasteiger partial charge in [-0.2, -0.15) is 0 Å². The Labute approximate surface area is 114 Å². The van der Waals surface area contributed by atoms with E-state index in [1.165, 1.54) is 12.8 Å². The quantitative estimate of drug-likeness (QED) is 0.764. The lowest BCUT2D eigenvalue weighted by molar-refractivity contribution is 0.103. The van der Waals surface area contributed by atoms with Crippen LogP contribution in [0.5, 0.6) is 0 Å². The summed E-state index contributed by atoms with van der Waals surface area (Å²) in [5.74, 6) is 0.0752. The molecule has 0 bridgehead atoms. The van der Waals surface area contributed by atoms with Gasteiger partial charge in [0.25, 0.3) is 0 Å². The van der Waals surface area contributed by atoms with Crippen molar-refractivity contribution < 1.29 is 9.53 Å². The molecule has 19 heavy (non-hydrogen) atoms. The van der Waals surface area contributed by atoms with Crippen LogP contribution in [0, 0.1) is 0 Å². The number of hydrogen-bond acceptors (Lipinski definition) is 2. The monoisotopic (exact) mass is 254 g/mol. The summed E-state index contributed by atoms with van der Waals surface area (Å²) in [6.07, 6.45) is 2.56. The van der Waals surface area contributed by atoms with Gasteiger partial charge in [0.1, 0.15) is 0 Å². The van der Waals surface area contributed by atoms with Crippen molar-refractivity contribution >= 4 is 5.78 Å². The fraction of sp³-hybridized carbons (Fsp3) is 0.235. The van der Waals surface area contributed by atoms with Gasteiger partial charge in [-0.3, -0.25) is 4.79 Å². The SMILES string of the molecule is C1CCOC1.O=C(c1ccccc1)c1ccccc1. The van der Waals surface area contributed by atoms with Crippen LogP contribution in [0.1, 0.15) is 28.8 Å². The van der Waals surface area contributed by atoms with E-state index in [1.54, 1.807) is 0 Å². The maximum absolute atomic E-state index is 11.8. The van der Waals surface area contributed by atoms with Crippen molar-refractivity contribution in [3.8, 4) is 0 Å². The number of carbonyl (C=O) groups excluding carboxylic acids is 1. The summed E-state index contributed by atoms with van der Waals surface area (Å²) in [6, 6.07) is 18.6. The van der Waals surface area contributed by atoms with E-state index in [4.69, 9.17) is 4.74 Å². The average molecular weight is 254 g/mol. The van der Waals surface area contributed by atoms with Gasteiger partial charge in [0, 0.05) is 24.3 Å². The molecule has 1 aliphatic heterocycles. The molecular weight excluding hydrogens is 236 g/mol. The number of rotatable bonds is 2. The normalized spacial score (nSPS) is 13.5. The van der Waals surface area contributed by atoms with Crippen LogP contribution < -0.4 is 0 Å². The first kappa shape index (κ1) is 13.5. The Bertz CT molecular complexity index is 438. The molecule has 0 amide bonds. The Morgan fingerprint density at radius 3 is 1.47 bits per heavy atom. The van der Waals surface area contributed by atoms with E-state index in [0.29, 0.717) is 0 Å². The highest BCUT2D eigenvalue weighted by Gasteiger charge is 2.06. The Balaban J connectivity index is 0.000000224. The molecular formula is C17H18O2. The van der Waals surface area contributed by atoms with Crippen molar-refractivity contribution in [3.63, 3.8) is 0 Å². The fourth-order valence-corrected chi connectivity index (χ4v) is 1.86. The topological polar surface area (TPSA) is 26.3 Å². The molecule has 0 N–H and O–H groups in total. The van der Waals surface area contributed by atoms with Gasteiger partial charge in [-0.1, -0.05) is 60.7 Å². The van der Waals surface area contributed by atoms with E-state index >= 15 is 0 Å². The molecule has 3 rings (SSSR count). The minimum atomic E-state index is 0.0752. The minimum absolute atomic E-state index is 0.0752. The number of ether oxygens (including phenoxy) is 1. The van der Waals surface area contributed by atoms with Gasteiger partial charge in [0.2, 0.25) is 0 Å². The zero-order valence-electron chi connectivity index (χ0n) is 10.9. The van der Waals surface area contributed by atoms with Crippen LogP contribution in [0.25, 0.3) is 0 Å². The van der Waals surface area contributed by atoms with Crippen LogP contribution in [0.15, 0.2) is 60.7 Å². The van der Waals surface area contributed by atoms with E-state index < -0.39 is 0 Å². The molecule has 2 aromatic carbocycles. The van der Waals surface area contributed by atoms with Gasteiger partial charge in [0.15, 0.2) is 5.78 Å². The minimum Gasteiger partial charge on any atom is -0.381 e. The third kappa shape index (κ3) is 4.34. The van der Waals surface area contributed by atoms with Crippen LogP contribution >= 0.6 is 0 Å². The summed E-state index contributed by atoms with van der Waals surface area (Å²) in [5.41, 5.74) is 1.47. The molecule has 1 saturated heterocycles. The predicted octanol–water partition coefficient (Wildman–Crippen LogP) is 3.71. The van der Waals surface area contributed by atoms with Gasteiger partial charge in [-0.25, -0.2) is 0 Å². The highest BCUT2D eigenvalue weighted by Crippen LogP contribution is 2.08. The molecule has 0 aliphatic carbocycles. The van der Waals surface area contributed by atoms with Gasteiger partial charge in [-0.15, -0.1) is 0 Å². The van der Waals surface area contributed by atoms with Crippen LogP contribution in [0.2, 0.25) is 0 Å². The van der Waals surface area contributed by atoms with Crippen LogP contribution in [0.3, 0.4) is 0 Å². The zero-order chi connectivity index (χ0) is 13.3. The van der Waals surface area contributed by atoms with Crippen molar-refractivity contribution in [2.45, 2.75) is 12.8 Å². The molecule has 0 saturated carbocycles. The summed E-state index contributed by atoms with van der Waals surface area (Å²) in [5, 5.41) is 0. The summed E-state index contributed by atoms with van der Waals surface area (Å²) in [6.45, 7) is 2.00. The maximum atomic E-state index is 11.8. The molecule has 2 aromatic rings. The average Bonchev–Trinajstić information content (AvgIpc) is 3.08. The number of benzene rings is 2. The fourth-order valence-electron chi connectivity index (χ4n) is 1.86. The lowest BCUT2D eigenvalue weighted by Crippen LogP contribution is -1.99. The molecule has 0 atom stereocenters. The van der Waals surface area contributed by atoms with Crippen molar-refractivity contribution in [2.24, 2.45) is 0 Å².